The van der Waals surface area contributed by atoms with Gasteiger partial charge in [0.25, 0.3) is 0 Å². The van der Waals surface area contributed by atoms with Crippen molar-refractivity contribution in [3.05, 3.63) is 36.4 Å². The molecule has 7 heteroatoms. The van der Waals surface area contributed by atoms with Gasteiger partial charge in [-0.05, 0) is 39.0 Å². The average Bonchev–Trinajstić information content (AvgIpc) is 2.57. The Kier molecular flexibility index (Phi) is 7.96. The van der Waals surface area contributed by atoms with Gasteiger partial charge in [-0.1, -0.05) is 6.08 Å². The summed E-state index contributed by atoms with van der Waals surface area (Å²) in [6.07, 6.45) is 0.811. The first kappa shape index (κ1) is 21.3. The van der Waals surface area contributed by atoms with Crippen molar-refractivity contribution in [1.29, 1.82) is 0 Å². The number of hydrogen-bond donors (Lipinski definition) is 1. The van der Waals surface area contributed by atoms with Gasteiger partial charge >= 0.3 is 12.1 Å². The highest BCUT2D eigenvalue weighted by molar-refractivity contribution is 5.96. The molecule has 0 radical (unpaired) electrons. The molecule has 0 spiro atoms. The number of methoxy groups -OCH3 is 2. The van der Waals surface area contributed by atoms with E-state index in [1.807, 2.05) is 0 Å². The van der Waals surface area contributed by atoms with Crippen LogP contribution in [-0.4, -0.2) is 44.6 Å². The van der Waals surface area contributed by atoms with Crippen molar-refractivity contribution in [1.82, 2.24) is 0 Å². The second-order valence-corrected chi connectivity index (χ2v) is 6.51. The van der Waals surface area contributed by atoms with Crippen molar-refractivity contribution in [2.45, 2.75) is 38.9 Å². The van der Waals surface area contributed by atoms with E-state index in [4.69, 9.17) is 18.9 Å². The van der Waals surface area contributed by atoms with Crippen molar-refractivity contribution in [3.8, 4) is 5.75 Å². The van der Waals surface area contributed by atoms with E-state index in [2.05, 4.69) is 11.9 Å². The fourth-order valence-electron chi connectivity index (χ4n) is 2.08. The van der Waals surface area contributed by atoms with E-state index < -0.39 is 23.8 Å². The van der Waals surface area contributed by atoms with Crippen LogP contribution in [0.15, 0.2) is 30.9 Å². The molecular weight excluding hydrogens is 338 g/mol. The van der Waals surface area contributed by atoms with E-state index in [1.165, 1.54) is 14.2 Å². The lowest BCUT2D eigenvalue weighted by Crippen LogP contribution is -2.31. The van der Waals surface area contributed by atoms with Crippen molar-refractivity contribution in [3.63, 3.8) is 0 Å². The maximum Gasteiger partial charge on any atom is 0.509 e. The molecular formula is C19H27NO6. The zero-order valence-corrected chi connectivity index (χ0v) is 16.0. The minimum absolute atomic E-state index is 0.265. The summed E-state index contributed by atoms with van der Waals surface area (Å²) < 4.78 is 20.4. The summed E-state index contributed by atoms with van der Waals surface area (Å²) in [5.74, 6) is 0.0309. The Morgan fingerprint density at radius 2 is 1.96 bits per heavy atom. The topological polar surface area (TPSA) is 83.1 Å². The van der Waals surface area contributed by atoms with Crippen molar-refractivity contribution < 1.29 is 28.5 Å². The summed E-state index contributed by atoms with van der Waals surface area (Å²) in [7, 11) is 2.82. The second-order valence-electron chi connectivity index (χ2n) is 6.51. The molecule has 0 aliphatic rings. The van der Waals surface area contributed by atoms with E-state index in [1.54, 1.807) is 45.0 Å². The Morgan fingerprint density at radius 3 is 2.50 bits per heavy atom. The van der Waals surface area contributed by atoms with E-state index >= 15 is 0 Å². The summed E-state index contributed by atoms with van der Waals surface area (Å²) in [5, 5.41) is 3.10. The fourth-order valence-corrected chi connectivity index (χ4v) is 2.08. The third kappa shape index (κ3) is 7.04. The number of ether oxygens (including phenoxy) is 4. The molecule has 144 valence electrons. The predicted octanol–water partition coefficient (Wildman–Crippen LogP) is 3.79. The first-order valence-electron chi connectivity index (χ1n) is 8.21. The van der Waals surface area contributed by atoms with Crippen LogP contribution in [0.4, 0.5) is 10.5 Å². The van der Waals surface area contributed by atoms with Gasteiger partial charge in [0.05, 0.1) is 26.3 Å². The van der Waals surface area contributed by atoms with Gasteiger partial charge in [0.2, 0.25) is 0 Å². The number of esters is 1. The van der Waals surface area contributed by atoms with Crippen LogP contribution >= 0.6 is 0 Å². The first-order valence-corrected chi connectivity index (χ1v) is 8.21. The molecule has 1 unspecified atom stereocenters. The lowest BCUT2D eigenvalue weighted by atomic mass is 10.1. The van der Waals surface area contributed by atoms with Crippen LogP contribution < -0.4 is 10.1 Å². The van der Waals surface area contributed by atoms with Gasteiger partial charge in [0.1, 0.15) is 17.5 Å². The van der Waals surface area contributed by atoms with E-state index in [0.717, 1.165) is 0 Å². The minimum Gasteiger partial charge on any atom is -0.497 e. The Labute approximate surface area is 154 Å². The van der Waals surface area contributed by atoms with Gasteiger partial charge in [-0.2, -0.15) is 0 Å². The molecule has 1 aromatic rings. The molecule has 1 N–H and O–H groups in total. The largest absolute Gasteiger partial charge is 0.509 e. The van der Waals surface area contributed by atoms with Crippen LogP contribution in [0.25, 0.3) is 0 Å². The third-order valence-electron chi connectivity index (χ3n) is 3.23. The average molecular weight is 365 g/mol. The summed E-state index contributed by atoms with van der Waals surface area (Å²) >= 11 is 0. The van der Waals surface area contributed by atoms with Crippen molar-refractivity contribution >= 4 is 17.8 Å². The van der Waals surface area contributed by atoms with Crippen LogP contribution in [0.2, 0.25) is 0 Å². The summed E-state index contributed by atoms with van der Waals surface area (Å²) in [6.45, 7) is 9.21. The molecule has 7 nitrogen and oxygen atoms in total. The Hall–Kier alpha value is -2.70. The van der Waals surface area contributed by atoms with E-state index in [9.17, 15) is 9.59 Å². The molecule has 1 rings (SSSR count). The molecule has 0 aliphatic heterocycles. The summed E-state index contributed by atoms with van der Waals surface area (Å²) in [4.78, 5) is 23.8. The molecule has 0 heterocycles. The van der Waals surface area contributed by atoms with E-state index in [0.29, 0.717) is 23.4 Å². The third-order valence-corrected chi connectivity index (χ3v) is 3.23. The lowest BCUT2D eigenvalue weighted by molar-refractivity contribution is -0.0236. The molecule has 0 aromatic heterocycles. The molecule has 0 bridgehead atoms. The fraction of sp³-hybridized carbons (Fsp3) is 0.474. The van der Waals surface area contributed by atoms with Gasteiger partial charge < -0.3 is 24.3 Å². The Balaban J connectivity index is 2.84. The van der Waals surface area contributed by atoms with Crippen LogP contribution in [0.5, 0.6) is 5.75 Å². The van der Waals surface area contributed by atoms with Crippen molar-refractivity contribution in [2.75, 3.05) is 26.1 Å². The number of carbonyl (C=O) groups is 2. The van der Waals surface area contributed by atoms with Gasteiger partial charge in [0.15, 0.2) is 0 Å². The number of benzene rings is 1. The highest BCUT2D eigenvalue weighted by Gasteiger charge is 2.21. The molecule has 0 amide bonds. The smallest absolute Gasteiger partial charge is 0.497 e. The first-order chi connectivity index (χ1) is 12.2. The number of anilines is 1. The minimum atomic E-state index is -0.755. The molecule has 0 saturated heterocycles. The SMILES string of the molecule is C=CCC(CNc1ccc(OC)cc1C(=O)OC)OC(=O)OC(C)(C)C. The number of rotatable bonds is 8. The lowest BCUT2D eigenvalue weighted by Gasteiger charge is -2.23. The molecule has 1 atom stereocenters. The standard InChI is InChI=1S/C19H27NO6/c1-7-8-14(25-18(22)26-19(2,3)4)12-20-16-10-9-13(23-5)11-15(16)17(21)24-6/h7,9-11,14,20H,1,8,12H2,2-6H3. The van der Waals surface area contributed by atoms with Crippen molar-refractivity contribution in [2.24, 2.45) is 0 Å². The second kappa shape index (κ2) is 9.70. The molecule has 0 saturated carbocycles. The summed E-state index contributed by atoms with van der Waals surface area (Å²) in [6, 6.07) is 4.99. The predicted molar refractivity (Wildman–Crippen MR) is 98.7 cm³/mol. The van der Waals surface area contributed by atoms with E-state index in [-0.39, 0.29) is 6.54 Å². The Bertz CT molecular complexity index is 635. The summed E-state index contributed by atoms with van der Waals surface area (Å²) in [5.41, 5.74) is 0.220. The molecule has 0 fully saturated rings. The zero-order chi connectivity index (χ0) is 19.7. The number of nitrogens with one attached hydrogen (secondary N) is 1. The van der Waals surface area contributed by atoms with Gasteiger partial charge in [-0.3, -0.25) is 0 Å². The number of hydrogen-bond acceptors (Lipinski definition) is 7. The van der Waals surface area contributed by atoms with Gasteiger partial charge in [0, 0.05) is 12.1 Å². The highest BCUT2D eigenvalue weighted by atomic mass is 16.7. The van der Waals surface area contributed by atoms with Gasteiger partial charge in [-0.25, -0.2) is 9.59 Å². The van der Waals surface area contributed by atoms with Crippen LogP contribution in [-0.2, 0) is 14.2 Å². The normalized spacial score (nSPS) is 11.9. The van der Waals surface area contributed by atoms with Crippen LogP contribution in [0.1, 0.15) is 37.6 Å². The monoisotopic (exact) mass is 365 g/mol. The molecule has 0 aliphatic carbocycles. The molecule has 26 heavy (non-hydrogen) atoms. The highest BCUT2D eigenvalue weighted by Crippen LogP contribution is 2.23. The molecule has 1 aromatic carbocycles. The zero-order valence-electron chi connectivity index (χ0n) is 16.0. The van der Waals surface area contributed by atoms with Crippen LogP contribution in [0, 0.1) is 0 Å². The number of carbonyl (C=O) groups excluding carboxylic acids is 2. The van der Waals surface area contributed by atoms with Gasteiger partial charge in [-0.15, -0.1) is 6.58 Å². The quantitative estimate of drug-likeness (QED) is 0.554. The van der Waals surface area contributed by atoms with Crippen LogP contribution in [0.3, 0.4) is 0 Å². The Morgan fingerprint density at radius 1 is 1.27 bits per heavy atom. The maximum absolute atomic E-state index is 12.0. The maximum atomic E-state index is 12.0.